The average molecular weight is 313 g/mol. The smallest absolute Gasteiger partial charge is 0.122 e. The molecule has 0 amide bonds. The minimum absolute atomic E-state index is 0.145. The van der Waals surface area contributed by atoms with E-state index in [1.54, 1.807) is 7.11 Å². The van der Waals surface area contributed by atoms with Gasteiger partial charge in [0.1, 0.15) is 5.75 Å². The Balaban J connectivity index is 2.26. The highest BCUT2D eigenvalue weighted by molar-refractivity contribution is 9.10. The van der Waals surface area contributed by atoms with E-state index >= 15 is 0 Å². The first-order valence-electron chi connectivity index (χ1n) is 6.35. The van der Waals surface area contributed by atoms with E-state index in [-0.39, 0.29) is 5.54 Å². The average Bonchev–Trinajstić information content (AvgIpc) is 2.49. The topological polar surface area (TPSA) is 24.5 Å². The van der Waals surface area contributed by atoms with Gasteiger partial charge in [-0.2, -0.15) is 0 Å². The number of halogens is 1. The van der Waals surface area contributed by atoms with Gasteiger partial charge in [-0.3, -0.25) is 0 Å². The van der Waals surface area contributed by atoms with Crippen molar-refractivity contribution in [2.75, 3.05) is 31.6 Å². The van der Waals surface area contributed by atoms with Crippen LogP contribution in [0.15, 0.2) is 22.7 Å². The molecule has 100 valence electrons. The van der Waals surface area contributed by atoms with E-state index < -0.39 is 0 Å². The Bertz CT molecular complexity index is 420. The molecule has 0 aliphatic carbocycles. The lowest BCUT2D eigenvalue weighted by atomic mass is 10.1. The molecule has 0 unspecified atom stereocenters. The zero-order chi connectivity index (χ0) is 13.2. The van der Waals surface area contributed by atoms with Crippen molar-refractivity contribution in [3.63, 3.8) is 0 Å². The molecule has 0 bridgehead atoms. The second-order valence-electron chi connectivity index (χ2n) is 5.44. The first-order valence-corrected chi connectivity index (χ1v) is 7.14. The maximum absolute atomic E-state index is 5.34. The normalized spacial score (nSPS) is 19.4. The Morgan fingerprint density at radius 2 is 2.11 bits per heavy atom. The first-order chi connectivity index (χ1) is 8.50. The predicted molar refractivity (Wildman–Crippen MR) is 79.6 cm³/mol. The molecule has 1 N–H and O–H groups in total. The molecule has 1 heterocycles. The minimum Gasteiger partial charge on any atom is -0.497 e. The second-order valence-corrected chi connectivity index (χ2v) is 6.35. The van der Waals surface area contributed by atoms with Crippen LogP contribution >= 0.6 is 15.9 Å². The highest BCUT2D eigenvalue weighted by Crippen LogP contribution is 2.28. The summed E-state index contributed by atoms with van der Waals surface area (Å²) in [5.74, 6) is 0.898. The maximum atomic E-state index is 5.34. The number of benzene rings is 1. The van der Waals surface area contributed by atoms with Crippen molar-refractivity contribution in [2.24, 2.45) is 0 Å². The number of methoxy groups -OCH3 is 1. The summed E-state index contributed by atoms with van der Waals surface area (Å²) in [6.45, 7) is 7.67. The fourth-order valence-electron chi connectivity index (χ4n) is 2.38. The molecular formula is C14H21BrN2O. The molecule has 1 aliphatic rings. The molecule has 3 nitrogen and oxygen atoms in total. The highest BCUT2D eigenvalue weighted by Gasteiger charge is 2.24. The summed E-state index contributed by atoms with van der Waals surface area (Å²) < 4.78 is 6.40. The van der Waals surface area contributed by atoms with E-state index in [0.717, 1.165) is 36.3 Å². The SMILES string of the molecule is COc1cc(Br)cc(N2CCCNC(C)(C)C2)c1. The number of hydrogen-bond donors (Lipinski definition) is 1. The summed E-state index contributed by atoms with van der Waals surface area (Å²) in [4.78, 5) is 2.42. The van der Waals surface area contributed by atoms with Gasteiger partial charge in [-0.15, -0.1) is 0 Å². The lowest BCUT2D eigenvalue weighted by Gasteiger charge is -2.31. The third-order valence-corrected chi connectivity index (χ3v) is 3.71. The molecule has 4 heteroatoms. The van der Waals surface area contributed by atoms with Crippen LogP contribution in [0.5, 0.6) is 5.75 Å². The number of nitrogens with zero attached hydrogens (tertiary/aromatic N) is 1. The highest BCUT2D eigenvalue weighted by atomic mass is 79.9. The Kier molecular flexibility index (Phi) is 4.17. The van der Waals surface area contributed by atoms with Crippen LogP contribution in [0.3, 0.4) is 0 Å². The lowest BCUT2D eigenvalue weighted by Crippen LogP contribution is -2.46. The molecule has 1 saturated heterocycles. The van der Waals surface area contributed by atoms with Crippen molar-refractivity contribution in [1.82, 2.24) is 5.32 Å². The van der Waals surface area contributed by atoms with E-state index in [2.05, 4.69) is 52.1 Å². The van der Waals surface area contributed by atoms with Crippen LogP contribution in [0.25, 0.3) is 0 Å². The number of ether oxygens (including phenoxy) is 1. The van der Waals surface area contributed by atoms with Crippen molar-refractivity contribution in [3.05, 3.63) is 22.7 Å². The molecule has 1 fully saturated rings. The van der Waals surface area contributed by atoms with Gasteiger partial charge in [0, 0.05) is 34.9 Å². The third-order valence-electron chi connectivity index (χ3n) is 3.25. The number of hydrogen-bond acceptors (Lipinski definition) is 3. The van der Waals surface area contributed by atoms with Crippen molar-refractivity contribution < 1.29 is 4.74 Å². The minimum atomic E-state index is 0.145. The standard InChI is InChI=1S/C14H21BrN2O/c1-14(2)10-17(6-4-5-16-14)12-7-11(15)8-13(9-12)18-3/h7-9,16H,4-6,10H2,1-3H3. The van der Waals surface area contributed by atoms with Crippen LogP contribution in [0.2, 0.25) is 0 Å². The monoisotopic (exact) mass is 312 g/mol. The molecule has 2 rings (SSSR count). The van der Waals surface area contributed by atoms with Crippen molar-refractivity contribution in [1.29, 1.82) is 0 Å². The van der Waals surface area contributed by atoms with Crippen LogP contribution in [0.4, 0.5) is 5.69 Å². The third kappa shape index (κ3) is 3.39. The summed E-state index contributed by atoms with van der Waals surface area (Å²) in [6, 6.07) is 6.25. The number of anilines is 1. The molecule has 0 atom stereocenters. The van der Waals surface area contributed by atoms with E-state index in [9.17, 15) is 0 Å². The summed E-state index contributed by atoms with van der Waals surface area (Å²) in [6.07, 6.45) is 1.16. The molecule has 1 aromatic carbocycles. The Hall–Kier alpha value is -0.740. The van der Waals surface area contributed by atoms with E-state index in [1.807, 2.05) is 6.07 Å². The van der Waals surface area contributed by atoms with Crippen LogP contribution in [-0.2, 0) is 0 Å². The van der Waals surface area contributed by atoms with Gasteiger partial charge >= 0.3 is 0 Å². The fraction of sp³-hybridized carbons (Fsp3) is 0.571. The molecule has 18 heavy (non-hydrogen) atoms. The van der Waals surface area contributed by atoms with Gasteiger partial charge in [-0.25, -0.2) is 0 Å². The van der Waals surface area contributed by atoms with Crippen LogP contribution in [-0.4, -0.2) is 32.3 Å². The summed E-state index contributed by atoms with van der Waals surface area (Å²) in [5.41, 5.74) is 1.37. The zero-order valence-electron chi connectivity index (χ0n) is 11.3. The molecule has 0 radical (unpaired) electrons. The molecule has 1 aliphatic heterocycles. The van der Waals surface area contributed by atoms with Gasteiger partial charge in [0.15, 0.2) is 0 Å². The van der Waals surface area contributed by atoms with Crippen molar-refractivity contribution in [3.8, 4) is 5.75 Å². The molecule has 1 aromatic rings. The van der Waals surface area contributed by atoms with Crippen LogP contribution in [0.1, 0.15) is 20.3 Å². The van der Waals surface area contributed by atoms with Gasteiger partial charge in [-0.1, -0.05) is 15.9 Å². The molecule has 0 spiro atoms. The number of rotatable bonds is 2. The lowest BCUT2D eigenvalue weighted by molar-refractivity contribution is 0.411. The zero-order valence-corrected chi connectivity index (χ0v) is 12.9. The summed E-state index contributed by atoms with van der Waals surface area (Å²) >= 11 is 3.55. The fourth-order valence-corrected chi connectivity index (χ4v) is 2.84. The molecule has 0 aromatic heterocycles. The number of nitrogens with one attached hydrogen (secondary N) is 1. The van der Waals surface area contributed by atoms with Crippen molar-refractivity contribution >= 4 is 21.6 Å². The summed E-state index contributed by atoms with van der Waals surface area (Å²) in [7, 11) is 1.71. The Labute approximate surface area is 118 Å². The second kappa shape index (κ2) is 5.49. The van der Waals surface area contributed by atoms with Gasteiger partial charge in [0.25, 0.3) is 0 Å². The first kappa shape index (κ1) is 13.7. The van der Waals surface area contributed by atoms with Crippen molar-refractivity contribution in [2.45, 2.75) is 25.8 Å². The Morgan fingerprint density at radius 1 is 1.33 bits per heavy atom. The van der Waals surface area contributed by atoms with E-state index in [4.69, 9.17) is 4.74 Å². The Morgan fingerprint density at radius 3 is 2.83 bits per heavy atom. The van der Waals surface area contributed by atoms with E-state index in [0.29, 0.717) is 0 Å². The van der Waals surface area contributed by atoms with Crippen LogP contribution in [0, 0.1) is 0 Å². The van der Waals surface area contributed by atoms with Gasteiger partial charge in [0.2, 0.25) is 0 Å². The van der Waals surface area contributed by atoms with Gasteiger partial charge < -0.3 is 15.0 Å². The predicted octanol–water partition coefficient (Wildman–Crippen LogP) is 3.04. The van der Waals surface area contributed by atoms with Gasteiger partial charge in [-0.05, 0) is 38.9 Å². The van der Waals surface area contributed by atoms with E-state index in [1.165, 1.54) is 5.69 Å². The largest absolute Gasteiger partial charge is 0.497 e. The molecule has 0 saturated carbocycles. The quantitative estimate of drug-likeness (QED) is 0.908. The van der Waals surface area contributed by atoms with Gasteiger partial charge in [0.05, 0.1) is 7.11 Å². The molecular weight excluding hydrogens is 292 g/mol. The maximum Gasteiger partial charge on any atom is 0.122 e. The van der Waals surface area contributed by atoms with Crippen LogP contribution < -0.4 is 15.0 Å². The summed E-state index contributed by atoms with van der Waals surface area (Å²) in [5, 5.41) is 3.58.